The second-order valence-corrected chi connectivity index (χ2v) is 10.3. The standard InChI is InChI=1S/C27H26N4O2S/c32-23-14-18(16-31(23)15-17-8-2-1-3-9-17)26(33)30-27-24(19-10-4-7-13-22(19)34-27)25-28-20-11-5-6-12-21(20)29-25/h1-3,5-6,8-9,11-12,18H,4,7,10,13-16H2,(H,28,29)(H,30,33)/t18-/m0/s1. The molecule has 2 aromatic heterocycles. The number of para-hydroxylation sites is 2. The molecule has 0 saturated carbocycles. The third-order valence-electron chi connectivity index (χ3n) is 6.84. The van der Waals surface area contributed by atoms with Crippen molar-refractivity contribution in [3.63, 3.8) is 0 Å². The molecule has 1 atom stereocenters. The molecule has 1 aliphatic carbocycles. The molecule has 2 amide bonds. The summed E-state index contributed by atoms with van der Waals surface area (Å²) in [6, 6.07) is 17.9. The van der Waals surface area contributed by atoms with Gasteiger partial charge in [-0.3, -0.25) is 9.59 Å². The van der Waals surface area contributed by atoms with E-state index in [1.807, 2.05) is 54.6 Å². The molecule has 3 heterocycles. The van der Waals surface area contributed by atoms with Gasteiger partial charge in [0.2, 0.25) is 11.8 Å². The maximum Gasteiger partial charge on any atom is 0.230 e. The first kappa shape index (κ1) is 21.1. The van der Waals surface area contributed by atoms with Crippen molar-refractivity contribution in [1.29, 1.82) is 0 Å². The van der Waals surface area contributed by atoms with Crippen molar-refractivity contribution in [1.82, 2.24) is 14.9 Å². The summed E-state index contributed by atoms with van der Waals surface area (Å²) in [7, 11) is 0. The number of nitrogens with zero attached hydrogens (tertiary/aromatic N) is 2. The number of amides is 2. The molecule has 2 aromatic carbocycles. The molecule has 0 unspecified atom stereocenters. The summed E-state index contributed by atoms with van der Waals surface area (Å²) in [5.41, 5.74) is 5.32. The topological polar surface area (TPSA) is 78.1 Å². The molecular weight excluding hydrogens is 444 g/mol. The number of carbonyl (C=O) groups is 2. The summed E-state index contributed by atoms with van der Waals surface area (Å²) >= 11 is 1.67. The predicted molar refractivity (Wildman–Crippen MR) is 135 cm³/mol. The lowest BCUT2D eigenvalue weighted by atomic mass is 9.95. The third kappa shape index (κ3) is 3.90. The summed E-state index contributed by atoms with van der Waals surface area (Å²) in [6.07, 6.45) is 4.61. The molecule has 2 N–H and O–H groups in total. The van der Waals surface area contributed by atoms with Gasteiger partial charge in [-0.15, -0.1) is 11.3 Å². The van der Waals surface area contributed by atoms with Gasteiger partial charge in [0.15, 0.2) is 0 Å². The molecule has 6 rings (SSSR count). The number of aromatic nitrogens is 2. The summed E-state index contributed by atoms with van der Waals surface area (Å²) in [5.74, 6) is 0.412. The van der Waals surface area contributed by atoms with Gasteiger partial charge in [-0.1, -0.05) is 42.5 Å². The second kappa shape index (κ2) is 8.72. The second-order valence-electron chi connectivity index (χ2n) is 9.17. The monoisotopic (exact) mass is 470 g/mol. The number of nitrogens with one attached hydrogen (secondary N) is 2. The van der Waals surface area contributed by atoms with E-state index in [2.05, 4.69) is 10.3 Å². The van der Waals surface area contributed by atoms with Crippen molar-refractivity contribution in [3.05, 3.63) is 70.6 Å². The number of thiophene rings is 1. The lowest BCUT2D eigenvalue weighted by Gasteiger charge is -2.16. The van der Waals surface area contributed by atoms with Crippen LogP contribution in [0.25, 0.3) is 22.4 Å². The zero-order valence-corrected chi connectivity index (χ0v) is 19.7. The van der Waals surface area contributed by atoms with E-state index in [1.54, 1.807) is 16.2 Å². The van der Waals surface area contributed by atoms with Crippen LogP contribution in [0.15, 0.2) is 54.6 Å². The SMILES string of the molecule is O=C(Nc1sc2c(c1-c1nc3ccccc3[nH]1)CCCC2)[C@H]1CC(=O)N(Cc2ccccc2)C1. The van der Waals surface area contributed by atoms with Crippen LogP contribution in [0.4, 0.5) is 5.00 Å². The average molecular weight is 471 g/mol. The molecule has 34 heavy (non-hydrogen) atoms. The largest absolute Gasteiger partial charge is 0.338 e. The molecule has 4 aromatic rings. The van der Waals surface area contributed by atoms with Crippen LogP contribution in [0.3, 0.4) is 0 Å². The van der Waals surface area contributed by atoms with E-state index in [9.17, 15) is 9.59 Å². The van der Waals surface area contributed by atoms with Crippen LogP contribution in [0.5, 0.6) is 0 Å². The van der Waals surface area contributed by atoms with Gasteiger partial charge in [0, 0.05) is 24.4 Å². The van der Waals surface area contributed by atoms with E-state index >= 15 is 0 Å². The molecule has 0 bridgehead atoms. The van der Waals surface area contributed by atoms with Crippen LogP contribution < -0.4 is 5.32 Å². The molecule has 0 spiro atoms. The third-order valence-corrected chi connectivity index (χ3v) is 8.04. The van der Waals surface area contributed by atoms with E-state index in [-0.39, 0.29) is 24.2 Å². The zero-order valence-electron chi connectivity index (χ0n) is 18.8. The van der Waals surface area contributed by atoms with Gasteiger partial charge in [-0.2, -0.15) is 0 Å². The van der Waals surface area contributed by atoms with Crippen molar-refractivity contribution in [2.45, 2.75) is 38.6 Å². The fourth-order valence-electron chi connectivity index (χ4n) is 5.09. The summed E-state index contributed by atoms with van der Waals surface area (Å²) in [4.78, 5) is 37.4. The van der Waals surface area contributed by atoms with Gasteiger partial charge in [-0.05, 0) is 48.9 Å². The minimum absolute atomic E-state index is 0.0342. The number of anilines is 1. The Kier molecular flexibility index (Phi) is 5.41. The van der Waals surface area contributed by atoms with Crippen LogP contribution in [0, 0.1) is 5.92 Å². The Morgan fingerprint density at radius 3 is 2.74 bits per heavy atom. The molecule has 6 nitrogen and oxygen atoms in total. The number of hydrogen-bond acceptors (Lipinski definition) is 4. The first-order valence-electron chi connectivity index (χ1n) is 11.9. The molecule has 0 radical (unpaired) electrons. The first-order chi connectivity index (χ1) is 16.7. The van der Waals surface area contributed by atoms with Crippen LogP contribution in [-0.4, -0.2) is 33.2 Å². The number of aryl methyl sites for hydroxylation is 1. The molecule has 172 valence electrons. The molecule has 2 aliphatic rings. The summed E-state index contributed by atoms with van der Waals surface area (Å²) < 4.78 is 0. The summed E-state index contributed by atoms with van der Waals surface area (Å²) in [5, 5.41) is 4.05. The Hall–Kier alpha value is -3.45. The van der Waals surface area contributed by atoms with Crippen molar-refractivity contribution < 1.29 is 9.59 Å². The van der Waals surface area contributed by atoms with Gasteiger partial charge < -0.3 is 15.2 Å². The van der Waals surface area contributed by atoms with Gasteiger partial charge in [-0.25, -0.2) is 4.98 Å². The Labute approximate surface area is 202 Å². The van der Waals surface area contributed by atoms with E-state index in [1.165, 1.54) is 16.9 Å². The molecule has 7 heteroatoms. The van der Waals surface area contributed by atoms with E-state index in [4.69, 9.17) is 4.98 Å². The number of H-pyrrole nitrogens is 1. The number of hydrogen-bond donors (Lipinski definition) is 2. The van der Waals surface area contributed by atoms with Crippen LogP contribution in [0.2, 0.25) is 0 Å². The molecule has 1 aliphatic heterocycles. The van der Waals surface area contributed by atoms with Gasteiger partial charge in [0.1, 0.15) is 10.8 Å². The molecule has 1 fully saturated rings. The Morgan fingerprint density at radius 1 is 1.09 bits per heavy atom. The fourth-order valence-corrected chi connectivity index (χ4v) is 6.39. The highest BCUT2D eigenvalue weighted by molar-refractivity contribution is 7.17. The highest BCUT2D eigenvalue weighted by atomic mass is 32.1. The Balaban J connectivity index is 1.26. The molecule has 1 saturated heterocycles. The fraction of sp³-hybridized carbons (Fsp3) is 0.296. The van der Waals surface area contributed by atoms with Crippen molar-refractivity contribution in [3.8, 4) is 11.4 Å². The molecular formula is C27H26N4O2S. The normalized spacial score (nSPS) is 17.8. The van der Waals surface area contributed by atoms with E-state index in [0.29, 0.717) is 13.1 Å². The highest BCUT2D eigenvalue weighted by Crippen LogP contribution is 2.44. The Bertz CT molecular complexity index is 1340. The lowest BCUT2D eigenvalue weighted by molar-refractivity contribution is -0.128. The smallest absolute Gasteiger partial charge is 0.230 e. The van der Waals surface area contributed by atoms with Gasteiger partial charge in [0.25, 0.3) is 0 Å². The lowest BCUT2D eigenvalue weighted by Crippen LogP contribution is -2.28. The van der Waals surface area contributed by atoms with Crippen LogP contribution >= 0.6 is 11.3 Å². The van der Waals surface area contributed by atoms with Crippen LogP contribution in [-0.2, 0) is 29.0 Å². The van der Waals surface area contributed by atoms with Crippen molar-refractivity contribution in [2.24, 2.45) is 5.92 Å². The highest BCUT2D eigenvalue weighted by Gasteiger charge is 2.35. The minimum Gasteiger partial charge on any atom is -0.338 e. The Morgan fingerprint density at radius 2 is 1.88 bits per heavy atom. The van der Waals surface area contributed by atoms with Gasteiger partial charge >= 0.3 is 0 Å². The average Bonchev–Trinajstić information content (AvgIpc) is 3.54. The number of rotatable bonds is 5. The number of aromatic amines is 1. The van der Waals surface area contributed by atoms with E-state index in [0.717, 1.165) is 52.2 Å². The van der Waals surface area contributed by atoms with Crippen molar-refractivity contribution >= 4 is 39.2 Å². The van der Waals surface area contributed by atoms with Crippen LogP contribution in [0.1, 0.15) is 35.3 Å². The zero-order chi connectivity index (χ0) is 23.1. The van der Waals surface area contributed by atoms with Crippen molar-refractivity contribution in [2.75, 3.05) is 11.9 Å². The van der Waals surface area contributed by atoms with Gasteiger partial charge in [0.05, 0.1) is 22.5 Å². The predicted octanol–water partition coefficient (Wildman–Crippen LogP) is 5.16. The van der Waals surface area contributed by atoms with E-state index < -0.39 is 0 Å². The maximum atomic E-state index is 13.3. The number of fused-ring (bicyclic) bond motifs is 2. The number of likely N-dealkylation sites (tertiary alicyclic amines) is 1. The summed E-state index contributed by atoms with van der Waals surface area (Å²) in [6.45, 7) is 0.992. The number of benzene rings is 2. The number of carbonyl (C=O) groups excluding carboxylic acids is 2. The quantitative estimate of drug-likeness (QED) is 0.423. The number of imidazole rings is 1. The maximum absolute atomic E-state index is 13.3. The minimum atomic E-state index is -0.348. The first-order valence-corrected chi connectivity index (χ1v) is 12.7.